The van der Waals surface area contributed by atoms with Crippen molar-refractivity contribution in [3.05, 3.63) is 29.8 Å². The van der Waals surface area contributed by atoms with Gasteiger partial charge in [0.2, 0.25) is 0 Å². The number of carbonyl (C=O) groups excluding carboxylic acids is 2. The summed E-state index contributed by atoms with van der Waals surface area (Å²) in [5, 5.41) is 2.79. The highest BCUT2D eigenvalue weighted by atomic mass is 16.5. The first-order valence-electron chi connectivity index (χ1n) is 7.44. The lowest BCUT2D eigenvalue weighted by Crippen LogP contribution is -2.36. The van der Waals surface area contributed by atoms with Gasteiger partial charge >= 0.3 is 5.97 Å². The van der Waals surface area contributed by atoms with Crippen LogP contribution in [-0.4, -0.2) is 38.2 Å². The lowest BCUT2D eigenvalue weighted by atomic mass is 10.1. The number of hydrogen-bond acceptors (Lipinski definition) is 5. The van der Waals surface area contributed by atoms with E-state index in [9.17, 15) is 9.59 Å². The first kappa shape index (κ1) is 16.9. The fourth-order valence-electron chi connectivity index (χ4n) is 1.94. The zero-order chi connectivity index (χ0) is 16.8. The van der Waals surface area contributed by atoms with Gasteiger partial charge in [0, 0.05) is 17.7 Å². The first-order valence-corrected chi connectivity index (χ1v) is 7.44. The van der Waals surface area contributed by atoms with Crippen molar-refractivity contribution in [2.24, 2.45) is 0 Å². The average molecular weight is 319 g/mol. The van der Waals surface area contributed by atoms with E-state index in [2.05, 4.69) is 5.32 Å². The van der Waals surface area contributed by atoms with E-state index in [-0.39, 0.29) is 11.9 Å². The molecule has 1 aromatic rings. The van der Waals surface area contributed by atoms with Gasteiger partial charge in [-0.2, -0.15) is 0 Å². The third-order valence-corrected chi connectivity index (χ3v) is 3.42. The molecular weight excluding hydrogens is 298 g/mol. The van der Waals surface area contributed by atoms with Crippen molar-refractivity contribution in [3.8, 4) is 11.5 Å². The van der Waals surface area contributed by atoms with Crippen LogP contribution in [-0.2, 0) is 14.3 Å². The highest BCUT2D eigenvalue weighted by Gasteiger charge is 2.26. The molecule has 0 bridgehead atoms. The lowest BCUT2D eigenvalue weighted by molar-refractivity contribution is -0.150. The average Bonchev–Trinajstić information content (AvgIpc) is 3.36. The van der Waals surface area contributed by atoms with Gasteiger partial charge in [-0.1, -0.05) is 0 Å². The van der Waals surface area contributed by atoms with Crippen LogP contribution in [0, 0.1) is 0 Å². The van der Waals surface area contributed by atoms with E-state index in [1.54, 1.807) is 45.4 Å². The van der Waals surface area contributed by atoms with E-state index in [1.807, 2.05) is 0 Å². The predicted octanol–water partition coefficient (Wildman–Crippen LogP) is 1.93. The monoisotopic (exact) mass is 319 g/mol. The Morgan fingerprint density at radius 3 is 2.61 bits per heavy atom. The van der Waals surface area contributed by atoms with E-state index >= 15 is 0 Å². The molecule has 1 saturated carbocycles. The van der Waals surface area contributed by atoms with Gasteiger partial charge in [0.15, 0.2) is 6.10 Å². The Morgan fingerprint density at radius 1 is 1.26 bits per heavy atom. The normalized spacial score (nSPS) is 15.1. The van der Waals surface area contributed by atoms with Crippen molar-refractivity contribution in [3.63, 3.8) is 0 Å². The molecule has 1 N–H and O–H groups in total. The Labute approximate surface area is 135 Å². The number of rotatable bonds is 7. The quantitative estimate of drug-likeness (QED) is 0.614. The number of nitrogens with one attached hydrogen (secondary N) is 1. The highest BCUT2D eigenvalue weighted by Crippen LogP contribution is 2.25. The first-order chi connectivity index (χ1) is 11.0. The van der Waals surface area contributed by atoms with Crippen LogP contribution in [0.15, 0.2) is 24.3 Å². The second-order valence-electron chi connectivity index (χ2n) is 5.30. The SMILES string of the molecule is COc1ccc(OC)c(/C=C/C(=O)O[C@H](C)C(=O)NC2CC2)c1. The van der Waals surface area contributed by atoms with Gasteiger partial charge < -0.3 is 19.5 Å². The predicted molar refractivity (Wildman–Crippen MR) is 85.3 cm³/mol. The van der Waals surface area contributed by atoms with Crippen LogP contribution in [0.1, 0.15) is 25.3 Å². The Hall–Kier alpha value is -2.50. The molecule has 0 aromatic heterocycles. The summed E-state index contributed by atoms with van der Waals surface area (Å²) in [6.45, 7) is 1.55. The van der Waals surface area contributed by atoms with Gasteiger partial charge in [-0.15, -0.1) is 0 Å². The Balaban J connectivity index is 1.95. The molecule has 0 heterocycles. The van der Waals surface area contributed by atoms with Crippen molar-refractivity contribution in [1.29, 1.82) is 0 Å². The summed E-state index contributed by atoms with van der Waals surface area (Å²) in [6, 6.07) is 5.49. The van der Waals surface area contributed by atoms with E-state index in [4.69, 9.17) is 14.2 Å². The molecule has 1 amide bonds. The van der Waals surface area contributed by atoms with Crippen molar-refractivity contribution >= 4 is 18.0 Å². The summed E-state index contributed by atoms with van der Waals surface area (Å²) in [5.74, 6) is 0.395. The van der Waals surface area contributed by atoms with Crippen LogP contribution >= 0.6 is 0 Å². The van der Waals surface area contributed by atoms with Crippen molar-refractivity contribution in [2.75, 3.05) is 14.2 Å². The molecule has 1 aliphatic carbocycles. The molecule has 0 spiro atoms. The van der Waals surface area contributed by atoms with E-state index in [0.717, 1.165) is 12.8 Å². The Morgan fingerprint density at radius 2 is 2.00 bits per heavy atom. The third-order valence-electron chi connectivity index (χ3n) is 3.42. The number of esters is 1. The van der Waals surface area contributed by atoms with Crippen LogP contribution < -0.4 is 14.8 Å². The lowest BCUT2D eigenvalue weighted by Gasteiger charge is -2.11. The van der Waals surface area contributed by atoms with E-state index < -0.39 is 12.1 Å². The standard InChI is InChI=1S/C17H21NO5/c1-11(17(20)18-13-5-6-13)23-16(19)9-4-12-10-14(21-2)7-8-15(12)22-3/h4,7-11,13H,5-6H2,1-3H3,(H,18,20)/b9-4+/t11-/m1/s1. The molecule has 0 saturated heterocycles. The molecule has 1 aliphatic rings. The zero-order valence-electron chi connectivity index (χ0n) is 13.5. The number of amides is 1. The molecule has 0 aliphatic heterocycles. The van der Waals surface area contributed by atoms with Crippen LogP contribution in [0.3, 0.4) is 0 Å². The largest absolute Gasteiger partial charge is 0.497 e. The smallest absolute Gasteiger partial charge is 0.331 e. The fraction of sp³-hybridized carbons (Fsp3) is 0.412. The van der Waals surface area contributed by atoms with Crippen molar-refractivity contribution in [1.82, 2.24) is 5.32 Å². The summed E-state index contributed by atoms with van der Waals surface area (Å²) < 4.78 is 15.4. The Bertz CT molecular complexity index is 607. The number of hydrogen-bond donors (Lipinski definition) is 1. The second-order valence-corrected chi connectivity index (χ2v) is 5.30. The van der Waals surface area contributed by atoms with Gasteiger partial charge in [-0.3, -0.25) is 4.79 Å². The number of benzene rings is 1. The van der Waals surface area contributed by atoms with Gasteiger partial charge in [-0.05, 0) is 44.0 Å². The summed E-state index contributed by atoms with van der Waals surface area (Å²) in [5.41, 5.74) is 0.680. The van der Waals surface area contributed by atoms with Crippen molar-refractivity contribution < 1.29 is 23.8 Å². The van der Waals surface area contributed by atoms with Gasteiger partial charge in [-0.25, -0.2) is 4.79 Å². The summed E-state index contributed by atoms with van der Waals surface area (Å²) in [4.78, 5) is 23.6. The number of carbonyl (C=O) groups is 2. The molecule has 6 heteroatoms. The number of methoxy groups -OCH3 is 2. The molecule has 1 atom stereocenters. The van der Waals surface area contributed by atoms with Crippen molar-refractivity contribution in [2.45, 2.75) is 31.9 Å². The second kappa shape index (κ2) is 7.67. The molecule has 124 valence electrons. The molecule has 1 aromatic carbocycles. The van der Waals surface area contributed by atoms with E-state index in [0.29, 0.717) is 17.1 Å². The minimum atomic E-state index is -0.819. The molecule has 0 unspecified atom stereocenters. The maximum absolute atomic E-state index is 11.8. The molecule has 23 heavy (non-hydrogen) atoms. The van der Waals surface area contributed by atoms with Crippen LogP contribution in [0.5, 0.6) is 11.5 Å². The maximum Gasteiger partial charge on any atom is 0.331 e. The fourth-order valence-corrected chi connectivity index (χ4v) is 1.94. The zero-order valence-corrected chi connectivity index (χ0v) is 13.5. The molecular formula is C17H21NO5. The van der Waals surface area contributed by atoms with Crippen LogP contribution in [0.4, 0.5) is 0 Å². The van der Waals surface area contributed by atoms with Crippen LogP contribution in [0.2, 0.25) is 0 Å². The van der Waals surface area contributed by atoms with Gasteiger partial charge in [0.1, 0.15) is 11.5 Å². The van der Waals surface area contributed by atoms with Gasteiger partial charge in [0.05, 0.1) is 14.2 Å². The number of ether oxygens (including phenoxy) is 3. The topological polar surface area (TPSA) is 73.9 Å². The minimum Gasteiger partial charge on any atom is -0.497 e. The minimum absolute atomic E-state index is 0.236. The summed E-state index contributed by atoms with van der Waals surface area (Å²) in [7, 11) is 3.10. The maximum atomic E-state index is 11.8. The van der Waals surface area contributed by atoms with Gasteiger partial charge in [0.25, 0.3) is 5.91 Å². The molecule has 6 nitrogen and oxygen atoms in total. The highest BCUT2D eigenvalue weighted by molar-refractivity contribution is 5.90. The Kier molecular flexibility index (Phi) is 5.62. The van der Waals surface area contributed by atoms with E-state index in [1.165, 1.54) is 6.08 Å². The van der Waals surface area contributed by atoms with Crippen LogP contribution in [0.25, 0.3) is 6.08 Å². The molecule has 2 rings (SSSR count). The summed E-state index contributed by atoms with van der Waals surface area (Å²) in [6.07, 6.45) is 3.98. The molecule has 0 radical (unpaired) electrons. The third kappa shape index (κ3) is 5.02. The molecule has 1 fully saturated rings. The summed E-state index contributed by atoms with van der Waals surface area (Å²) >= 11 is 0.